The molecule has 1 unspecified atom stereocenters. The topological polar surface area (TPSA) is 66.7 Å². The Morgan fingerprint density at radius 1 is 1.33 bits per heavy atom. The Morgan fingerprint density at radius 2 is 2.08 bits per heavy atom. The zero-order valence-corrected chi connectivity index (χ0v) is 14.1. The van der Waals surface area contributed by atoms with Crippen LogP contribution in [0.2, 0.25) is 0 Å². The molecule has 1 saturated heterocycles. The molecule has 2 heterocycles. The maximum atomic E-state index is 12.2. The average molecular weight is 331 g/mol. The number of hydrogen-bond donors (Lipinski definition) is 2. The fourth-order valence-corrected chi connectivity index (χ4v) is 3.18. The van der Waals surface area contributed by atoms with Crippen LogP contribution in [-0.4, -0.2) is 66.0 Å². The minimum atomic E-state index is -0.556. The highest BCUT2D eigenvalue weighted by atomic mass is 16.5. The van der Waals surface area contributed by atoms with E-state index in [1.807, 2.05) is 42.1 Å². The summed E-state index contributed by atoms with van der Waals surface area (Å²) in [5, 5.41) is 14.0. The Balaban J connectivity index is 1.50. The first-order valence-corrected chi connectivity index (χ1v) is 8.41. The van der Waals surface area contributed by atoms with Gasteiger partial charge in [0.15, 0.2) is 0 Å². The third kappa shape index (κ3) is 4.14. The van der Waals surface area contributed by atoms with Crippen LogP contribution >= 0.6 is 0 Å². The molecule has 2 aromatic rings. The minimum absolute atomic E-state index is 0.0626. The summed E-state index contributed by atoms with van der Waals surface area (Å²) in [5.41, 5.74) is 2.13. The fourth-order valence-electron chi connectivity index (χ4n) is 3.18. The molecule has 6 nitrogen and oxygen atoms in total. The summed E-state index contributed by atoms with van der Waals surface area (Å²) in [4.78, 5) is 14.4. The fraction of sp³-hybridized carbons (Fsp3) is 0.500. The predicted octanol–water partition coefficient (Wildman–Crippen LogP) is 0.530. The molecule has 0 bridgehead atoms. The number of nitrogens with one attached hydrogen (secondary N) is 1. The van der Waals surface area contributed by atoms with E-state index in [9.17, 15) is 9.90 Å². The number of rotatable bonds is 6. The third-order valence-corrected chi connectivity index (χ3v) is 4.44. The number of nitrogens with zero attached hydrogens (tertiary/aromatic N) is 2. The van der Waals surface area contributed by atoms with Crippen molar-refractivity contribution in [2.24, 2.45) is 7.05 Å². The summed E-state index contributed by atoms with van der Waals surface area (Å²) >= 11 is 0. The van der Waals surface area contributed by atoms with Crippen LogP contribution in [0.25, 0.3) is 10.9 Å². The van der Waals surface area contributed by atoms with E-state index in [0.29, 0.717) is 26.2 Å². The van der Waals surface area contributed by atoms with Crippen LogP contribution in [0.3, 0.4) is 0 Å². The Morgan fingerprint density at radius 3 is 2.88 bits per heavy atom. The number of hydrogen-bond acceptors (Lipinski definition) is 4. The molecule has 0 radical (unpaired) electrons. The smallest absolute Gasteiger partial charge is 0.224 e. The second kappa shape index (κ2) is 7.79. The van der Waals surface area contributed by atoms with Crippen LogP contribution < -0.4 is 5.32 Å². The van der Waals surface area contributed by atoms with E-state index < -0.39 is 6.10 Å². The predicted molar refractivity (Wildman–Crippen MR) is 92.9 cm³/mol. The number of benzene rings is 1. The number of amides is 1. The number of aromatic nitrogens is 1. The monoisotopic (exact) mass is 331 g/mol. The van der Waals surface area contributed by atoms with Crippen LogP contribution in [0.5, 0.6) is 0 Å². The molecular formula is C18H25N3O3. The van der Waals surface area contributed by atoms with Gasteiger partial charge in [0, 0.05) is 50.3 Å². The standard InChI is InChI=1S/C18H25N3O3/c1-20-12-14(16-4-2-3-5-17(16)20)10-18(23)19-11-15(22)13-21-6-8-24-9-7-21/h2-5,12,15,22H,6-11,13H2,1H3,(H,19,23). The first-order chi connectivity index (χ1) is 11.6. The molecule has 0 saturated carbocycles. The van der Waals surface area contributed by atoms with Crippen LogP contribution in [0, 0.1) is 0 Å². The molecule has 0 spiro atoms. The Kier molecular flexibility index (Phi) is 5.50. The lowest BCUT2D eigenvalue weighted by Gasteiger charge is -2.28. The van der Waals surface area contributed by atoms with Gasteiger partial charge in [-0.1, -0.05) is 18.2 Å². The van der Waals surface area contributed by atoms with E-state index >= 15 is 0 Å². The van der Waals surface area contributed by atoms with Crippen LogP contribution in [0.4, 0.5) is 0 Å². The molecule has 3 rings (SSSR count). The number of aliphatic hydroxyl groups is 1. The van der Waals surface area contributed by atoms with Gasteiger partial charge in [-0.15, -0.1) is 0 Å². The van der Waals surface area contributed by atoms with Crippen molar-refractivity contribution in [3.63, 3.8) is 0 Å². The van der Waals surface area contributed by atoms with Gasteiger partial charge in [0.05, 0.1) is 25.7 Å². The van der Waals surface area contributed by atoms with Gasteiger partial charge in [-0.25, -0.2) is 0 Å². The number of carbonyl (C=O) groups is 1. The van der Waals surface area contributed by atoms with E-state index in [4.69, 9.17) is 4.74 Å². The van der Waals surface area contributed by atoms with Gasteiger partial charge in [-0.3, -0.25) is 9.69 Å². The van der Waals surface area contributed by atoms with E-state index in [0.717, 1.165) is 29.6 Å². The van der Waals surface area contributed by atoms with Gasteiger partial charge >= 0.3 is 0 Å². The minimum Gasteiger partial charge on any atom is -0.390 e. The highest BCUT2D eigenvalue weighted by Crippen LogP contribution is 2.20. The molecule has 1 aliphatic heterocycles. The molecular weight excluding hydrogens is 306 g/mol. The van der Waals surface area contributed by atoms with Crippen molar-refractivity contribution in [2.75, 3.05) is 39.4 Å². The third-order valence-electron chi connectivity index (χ3n) is 4.44. The molecule has 130 valence electrons. The molecule has 1 aliphatic rings. The molecule has 24 heavy (non-hydrogen) atoms. The van der Waals surface area contributed by atoms with Crippen molar-refractivity contribution < 1.29 is 14.6 Å². The highest BCUT2D eigenvalue weighted by Gasteiger charge is 2.16. The van der Waals surface area contributed by atoms with Gasteiger partial charge in [-0.2, -0.15) is 0 Å². The normalized spacial score (nSPS) is 17.1. The number of carbonyl (C=O) groups excluding carboxylic acids is 1. The average Bonchev–Trinajstić information content (AvgIpc) is 2.90. The molecule has 1 atom stereocenters. The number of morpholine rings is 1. The summed E-state index contributed by atoms with van der Waals surface area (Å²) in [5.74, 6) is -0.0626. The van der Waals surface area contributed by atoms with Crippen molar-refractivity contribution in [2.45, 2.75) is 12.5 Å². The zero-order valence-electron chi connectivity index (χ0n) is 14.1. The molecule has 1 fully saturated rings. The van der Waals surface area contributed by atoms with Gasteiger partial charge in [0.1, 0.15) is 0 Å². The number of para-hydroxylation sites is 1. The van der Waals surface area contributed by atoms with Crippen molar-refractivity contribution in [3.8, 4) is 0 Å². The van der Waals surface area contributed by atoms with Crippen LogP contribution in [0.15, 0.2) is 30.5 Å². The molecule has 6 heteroatoms. The number of fused-ring (bicyclic) bond motifs is 1. The lowest BCUT2D eigenvalue weighted by molar-refractivity contribution is -0.121. The van der Waals surface area contributed by atoms with Crippen LogP contribution in [-0.2, 0) is 23.0 Å². The quantitative estimate of drug-likeness (QED) is 0.810. The summed E-state index contributed by atoms with van der Waals surface area (Å²) in [6.45, 7) is 3.93. The maximum absolute atomic E-state index is 12.2. The lowest BCUT2D eigenvalue weighted by atomic mass is 10.1. The summed E-state index contributed by atoms with van der Waals surface area (Å²) in [6.07, 6.45) is 1.76. The van der Waals surface area contributed by atoms with E-state index in [1.54, 1.807) is 0 Å². The van der Waals surface area contributed by atoms with E-state index in [2.05, 4.69) is 10.2 Å². The molecule has 1 aromatic heterocycles. The molecule has 1 amide bonds. The second-order valence-corrected chi connectivity index (χ2v) is 6.33. The maximum Gasteiger partial charge on any atom is 0.224 e. The second-order valence-electron chi connectivity index (χ2n) is 6.33. The number of aliphatic hydroxyl groups excluding tert-OH is 1. The van der Waals surface area contributed by atoms with Crippen molar-refractivity contribution in [1.82, 2.24) is 14.8 Å². The SMILES string of the molecule is Cn1cc(CC(=O)NCC(O)CN2CCOCC2)c2ccccc21. The molecule has 0 aliphatic carbocycles. The van der Waals surface area contributed by atoms with Gasteiger partial charge in [0.25, 0.3) is 0 Å². The molecule has 2 N–H and O–H groups in total. The van der Waals surface area contributed by atoms with Crippen molar-refractivity contribution in [3.05, 3.63) is 36.0 Å². The molecule has 1 aromatic carbocycles. The summed E-state index contributed by atoms with van der Waals surface area (Å²) in [7, 11) is 1.98. The van der Waals surface area contributed by atoms with E-state index in [1.165, 1.54) is 0 Å². The lowest BCUT2D eigenvalue weighted by Crippen LogP contribution is -2.44. The first kappa shape index (κ1) is 17.0. The van der Waals surface area contributed by atoms with E-state index in [-0.39, 0.29) is 12.5 Å². The first-order valence-electron chi connectivity index (χ1n) is 8.41. The zero-order chi connectivity index (χ0) is 16.9. The largest absolute Gasteiger partial charge is 0.390 e. The summed E-state index contributed by atoms with van der Waals surface area (Å²) < 4.78 is 7.32. The summed E-state index contributed by atoms with van der Waals surface area (Å²) in [6, 6.07) is 8.05. The number of aryl methyl sites for hydroxylation is 1. The Labute approximate surface area is 142 Å². The van der Waals surface area contributed by atoms with Crippen LogP contribution in [0.1, 0.15) is 5.56 Å². The van der Waals surface area contributed by atoms with Crippen molar-refractivity contribution in [1.29, 1.82) is 0 Å². The van der Waals surface area contributed by atoms with Crippen molar-refractivity contribution >= 4 is 16.8 Å². The van der Waals surface area contributed by atoms with Gasteiger partial charge in [-0.05, 0) is 11.6 Å². The Hall–Kier alpha value is -1.89. The number of β-amino-alcohol motifs (C(OH)–C–C–N with tert-alkyl or cyclic N) is 1. The van der Waals surface area contributed by atoms with Gasteiger partial charge < -0.3 is 19.7 Å². The van der Waals surface area contributed by atoms with Gasteiger partial charge in [0.2, 0.25) is 5.91 Å². The number of ether oxygens (including phenoxy) is 1. The Bertz CT molecular complexity index is 692. The highest BCUT2D eigenvalue weighted by molar-refractivity contribution is 5.89.